The highest BCUT2D eigenvalue weighted by atomic mass is 32.2. The van der Waals surface area contributed by atoms with Crippen LogP contribution in [0.15, 0.2) is 82.6 Å². The van der Waals surface area contributed by atoms with Gasteiger partial charge in [-0.2, -0.15) is 0 Å². The number of nitrogens with one attached hydrogen (secondary N) is 2. The summed E-state index contributed by atoms with van der Waals surface area (Å²) in [5, 5.41) is 2.75. The van der Waals surface area contributed by atoms with Crippen LogP contribution in [-0.2, 0) is 10.0 Å². The van der Waals surface area contributed by atoms with Crippen LogP contribution >= 0.6 is 11.8 Å². The number of benzene rings is 3. The highest BCUT2D eigenvalue weighted by molar-refractivity contribution is 7.98. The first-order valence-electron chi connectivity index (χ1n) is 8.22. The van der Waals surface area contributed by atoms with Gasteiger partial charge in [-0.3, -0.25) is 9.52 Å². The number of hydrogen-bond donors (Lipinski definition) is 2. The van der Waals surface area contributed by atoms with Crippen molar-refractivity contribution in [1.29, 1.82) is 0 Å². The van der Waals surface area contributed by atoms with E-state index in [1.54, 1.807) is 23.9 Å². The summed E-state index contributed by atoms with van der Waals surface area (Å²) in [4.78, 5) is 13.3. The summed E-state index contributed by atoms with van der Waals surface area (Å²) in [7, 11) is -3.97. The van der Waals surface area contributed by atoms with E-state index in [9.17, 15) is 17.6 Å². The zero-order valence-electron chi connectivity index (χ0n) is 14.8. The fourth-order valence-electron chi connectivity index (χ4n) is 2.41. The Morgan fingerprint density at radius 1 is 0.929 bits per heavy atom. The summed E-state index contributed by atoms with van der Waals surface area (Å²) >= 11 is 1.60. The van der Waals surface area contributed by atoms with Crippen molar-refractivity contribution in [3.63, 3.8) is 0 Å². The lowest BCUT2D eigenvalue weighted by atomic mass is 10.2. The van der Waals surface area contributed by atoms with Gasteiger partial charge in [0.2, 0.25) is 0 Å². The van der Waals surface area contributed by atoms with E-state index in [4.69, 9.17) is 0 Å². The van der Waals surface area contributed by atoms with Gasteiger partial charge in [-0.1, -0.05) is 12.1 Å². The first-order chi connectivity index (χ1) is 13.4. The SMILES string of the molecule is CSc1ccc(NC(=O)c2ccc(S(=O)(=O)Nc3ccccc3F)cc2)cc1. The number of anilines is 2. The summed E-state index contributed by atoms with van der Waals surface area (Å²) in [6.07, 6.45) is 1.96. The van der Waals surface area contributed by atoms with Crippen molar-refractivity contribution in [2.45, 2.75) is 9.79 Å². The molecular formula is C20H17FN2O3S2. The van der Waals surface area contributed by atoms with Crippen LogP contribution in [0.25, 0.3) is 0 Å². The predicted octanol–water partition coefficient (Wildman–Crippen LogP) is 4.60. The molecule has 0 spiro atoms. The fourth-order valence-corrected chi connectivity index (χ4v) is 3.89. The zero-order valence-corrected chi connectivity index (χ0v) is 16.5. The number of amides is 1. The minimum atomic E-state index is -3.97. The Morgan fingerprint density at radius 3 is 2.18 bits per heavy atom. The Labute approximate surface area is 167 Å². The molecule has 0 aromatic heterocycles. The molecule has 0 unspecified atom stereocenters. The molecule has 2 N–H and O–H groups in total. The fraction of sp³-hybridized carbons (Fsp3) is 0.0500. The zero-order chi connectivity index (χ0) is 20.1. The van der Waals surface area contributed by atoms with Gasteiger partial charge in [0.25, 0.3) is 15.9 Å². The molecule has 0 atom stereocenters. The van der Waals surface area contributed by atoms with Gasteiger partial charge in [-0.15, -0.1) is 11.8 Å². The van der Waals surface area contributed by atoms with E-state index in [1.165, 1.54) is 42.5 Å². The van der Waals surface area contributed by atoms with Crippen LogP contribution in [0.1, 0.15) is 10.4 Å². The lowest BCUT2D eigenvalue weighted by Crippen LogP contribution is -2.15. The number of thioether (sulfide) groups is 1. The van der Waals surface area contributed by atoms with Crippen molar-refractivity contribution < 1.29 is 17.6 Å². The number of carbonyl (C=O) groups excluding carboxylic acids is 1. The molecule has 0 saturated heterocycles. The van der Waals surface area contributed by atoms with Gasteiger partial charge < -0.3 is 5.32 Å². The van der Waals surface area contributed by atoms with E-state index in [0.717, 1.165) is 11.0 Å². The molecule has 0 radical (unpaired) electrons. The number of hydrogen-bond acceptors (Lipinski definition) is 4. The van der Waals surface area contributed by atoms with Crippen LogP contribution in [0.5, 0.6) is 0 Å². The van der Waals surface area contributed by atoms with Crippen molar-refractivity contribution in [1.82, 2.24) is 0 Å². The molecule has 5 nitrogen and oxygen atoms in total. The molecule has 0 aliphatic carbocycles. The van der Waals surface area contributed by atoms with E-state index < -0.39 is 15.8 Å². The molecule has 0 saturated carbocycles. The quantitative estimate of drug-likeness (QED) is 0.576. The minimum Gasteiger partial charge on any atom is -0.322 e. The largest absolute Gasteiger partial charge is 0.322 e. The van der Waals surface area contributed by atoms with Crippen molar-refractivity contribution in [3.05, 3.63) is 84.2 Å². The second-order valence-corrected chi connectivity index (χ2v) is 8.35. The van der Waals surface area contributed by atoms with Crippen LogP contribution in [0.4, 0.5) is 15.8 Å². The monoisotopic (exact) mass is 416 g/mol. The highest BCUT2D eigenvalue weighted by Gasteiger charge is 2.17. The van der Waals surface area contributed by atoms with Crippen molar-refractivity contribution >= 4 is 39.1 Å². The molecule has 28 heavy (non-hydrogen) atoms. The molecule has 0 heterocycles. The summed E-state index contributed by atoms with van der Waals surface area (Å²) in [5.74, 6) is -1.03. The van der Waals surface area contributed by atoms with E-state index >= 15 is 0 Å². The Hall–Kier alpha value is -2.84. The molecule has 0 fully saturated rings. The number of para-hydroxylation sites is 1. The van der Waals surface area contributed by atoms with Gasteiger partial charge in [0.15, 0.2) is 0 Å². The lowest BCUT2D eigenvalue weighted by Gasteiger charge is -2.10. The Morgan fingerprint density at radius 2 is 1.57 bits per heavy atom. The standard InChI is InChI=1S/C20H17FN2O3S2/c1-27-16-10-8-15(9-11-16)22-20(24)14-6-12-17(13-7-14)28(25,26)23-19-5-3-2-4-18(19)21/h2-13,23H,1H3,(H,22,24). The maximum Gasteiger partial charge on any atom is 0.261 e. The van der Waals surface area contributed by atoms with Crippen LogP contribution in [0, 0.1) is 5.82 Å². The molecule has 144 valence electrons. The molecule has 0 bridgehead atoms. The highest BCUT2D eigenvalue weighted by Crippen LogP contribution is 2.20. The smallest absolute Gasteiger partial charge is 0.261 e. The Kier molecular flexibility index (Phi) is 6.01. The van der Waals surface area contributed by atoms with Gasteiger partial charge in [0.05, 0.1) is 10.6 Å². The maximum atomic E-state index is 13.7. The first-order valence-corrected chi connectivity index (χ1v) is 10.9. The second-order valence-electron chi connectivity index (χ2n) is 5.79. The van der Waals surface area contributed by atoms with Gasteiger partial charge in [-0.05, 0) is 66.9 Å². The first kappa shape index (κ1) is 19.9. The van der Waals surface area contributed by atoms with Gasteiger partial charge in [0, 0.05) is 16.1 Å². The van der Waals surface area contributed by atoms with Crippen molar-refractivity contribution in [3.8, 4) is 0 Å². The molecule has 3 rings (SSSR count). The number of rotatable bonds is 6. The molecule has 3 aromatic carbocycles. The average Bonchev–Trinajstić information content (AvgIpc) is 2.70. The normalized spacial score (nSPS) is 11.1. The molecule has 1 amide bonds. The molecule has 0 aliphatic rings. The third kappa shape index (κ3) is 4.71. The van der Waals surface area contributed by atoms with Gasteiger partial charge >= 0.3 is 0 Å². The minimum absolute atomic E-state index is 0.0726. The van der Waals surface area contributed by atoms with E-state index in [0.29, 0.717) is 11.3 Å². The molecule has 0 aliphatic heterocycles. The predicted molar refractivity (Wildman–Crippen MR) is 110 cm³/mol. The Bertz CT molecular complexity index is 1080. The molecule has 3 aromatic rings. The number of sulfonamides is 1. The lowest BCUT2D eigenvalue weighted by molar-refractivity contribution is 0.102. The number of halogens is 1. The van der Waals surface area contributed by atoms with Gasteiger partial charge in [-0.25, -0.2) is 12.8 Å². The van der Waals surface area contributed by atoms with E-state index in [1.807, 2.05) is 18.4 Å². The average molecular weight is 416 g/mol. The van der Waals surface area contributed by atoms with Crippen molar-refractivity contribution in [2.24, 2.45) is 0 Å². The third-order valence-corrected chi connectivity index (χ3v) is 6.02. The third-order valence-electron chi connectivity index (χ3n) is 3.89. The second kappa shape index (κ2) is 8.45. The summed E-state index contributed by atoms with van der Waals surface area (Å²) in [6.45, 7) is 0. The number of carbonyl (C=O) groups is 1. The van der Waals surface area contributed by atoms with Gasteiger partial charge in [0.1, 0.15) is 5.82 Å². The summed E-state index contributed by atoms with van der Waals surface area (Å²) < 4.78 is 40.7. The topological polar surface area (TPSA) is 75.3 Å². The summed E-state index contributed by atoms with van der Waals surface area (Å²) in [5.41, 5.74) is 0.803. The van der Waals surface area contributed by atoms with Crippen LogP contribution in [0.3, 0.4) is 0 Å². The Balaban J connectivity index is 1.73. The van der Waals surface area contributed by atoms with Crippen LogP contribution < -0.4 is 10.0 Å². The summed E-state index contributed by atoms with van der Waals surface area (Å²) in [6, 6.07) is 18.3. The van der Waals surface area contributed by atoms with Crippen LogP contribution in [0.2, 0.25) is 0 Å². The van der Waals surface area contributed by atoms with Crippen molar-refractivity contribution in [2.75, 3.05) is 16.3 Å². The van der Waals surface area contributed by atoms with E-state index in [-0.39, 0.29) is 16.5 Å². The van der Waals surface area contributed by atoms with Crippen LogP contribution in [-0.4, -0.2) is 20.6 Å². The molecule has 8 heteroatoms. The molecular weight excluding hydrogens is 399 g/mol. The van der Waals surface area contributed by atoms with E-state index in [2.05, 4.69) is 10.0 Å². The maximum absolute atomic E-state index is 13.7.